The summed E-state index contributed by atoms with van der Waals surface area (Å²) < 4.78 is 5.19. The Morgan fingerprint density at radius 1 is 1.39 bits per heavy atom. The van der Waals surface area contributed by atoms with E-state index in [1.165, 1.54) is 5.56 Å². The van der Waals surface area contributed by atoms with E-state index >= 15 is 0 Å². The van der Waals surface area contributed by atoms with E-state index in [1.807, 2.05) is 24.0 Å². The Balaban J connectivity index is 1.66. The monoisotopic (exact) mass is 332 g/mol. The molecule has 0 N–H and O–H groups in total. The lowest BCUT2D eigenvalue weighted by Crippen LogP contribution is -2.29. The van der Waals surface area contributed by atoms with Crippen LogP contribution in [-0.4, -0.2) is 29.1 Å². The van der Waals surface area contributed by atoms with Gasteiger partial charge >= 0.3 is 0 Å². The van der Waals surface area contributed by atoms with Gasteiger partial charge in [-0.05, 0) is 49.8 Å². The molecule has 0 aliphatic carbocycles. The summed E-state index contributed by atoms with van der Waals surface area (Å²) in [5.41, 5.74) is 2.68. The predicted molar refractivity (Wildman–Crippen MR) is 89.8 cm³/mol. The second-order valence-electron chi connectivity index (χ2n) is 6.15. The van der Waals surface area contributed by atoms with Crippen LogP contribution >= 0.6 is 11.6 Å². The Labute approximate surface area is 141 Å². The summed E-state index contributed by atoms with van der Waals surface area (Å²) in [5, 5.41) is 4.74. The van der Waals surface area contributed by atoms with Crippen LogP contribution in [0.4, 0.5) is 0 Å². The summed E-state index contributed by atoms with van der Waals surface area (Å²) in [4.78, 5) is 14.7. The van der Waals surface area contributed by atoms with Gasteiger partial charge < -0.3 is 9.42 Å². The Morgan fingerprint density at radius 2 is 2.13 bits per heavy atom. The largest absolute Gasteiger partial charge is 0.361 e. The van der Waals surface area contributed by atoms with Gasteiger partial charge in [-0.2, -0.15) is 0 Å². The second-order valence-corrected chi connectivity index (χ2v) is 6.59. The van der Waals surface area contributed by atoms with Crippen molar-refractivity contribution in [1.29, 1.82) is 0 Å². The molecule has 1 amide bonds. The molecule has 2 heterocycles. The number of nitrogens with zero attached hydrogens (tertiary/aromatic N) is 2. The quantitative estimate of drug-likeness (QED) is 0.853. The third-order valence-corrected chi connectivity index (χ3v) is 4.74. The SMILES string of the molecule is CCc1noc(C)c1C(=O)N1CCC(Cc2ccc(Cl)cc2)C1. The van der Waals surface area contributed by atoms with Gasteiger partial charge in [0.1, 0.15) is 11.3 Å². The number of amides is 1. The van der Waals surface area contributed by atoms with E-state index in [0.29, 0.717) is 23.7 Å². The van der Waals surface area contributed by atoms with Gasteiger partial charge in [0.05, 0.1) is 5.69 Å². The molecule has 1 aliphatic rings. The molecule has 1 atom stereocenters. The highest BCUT2D eigenvalue weighted by atomic mass is 35.5. The summed E-state index contributed by atoms with van der Waals surface area (Å²) in [6.45, 7) is 5.38. The third kappa shape index (κ3) is 3.42. The molecule has 1 unspecified atom stereocenters. The average molecular weight is 333 g/mol. The molecule has 0 bridgehead atoms. The van der Waals surface area contributed by atoms with Gasteiger partial charge in [0.2, 0.25) is 0 Å². The first-order chi connectivity index (χ1) is 11.1. The standard InChI is InChI=1S/C18H21ClN2O2/c1-3-16-17(12(2)23-20-16)18(22)21-9-8-14(11-21)10-13-4-6-15(19)7-5-13/h4-7,14H,3,8-11H2,1-2H3. The number of carbonyl (C=O) groups is 1. The van der Waals surface area contributed by atoms with Crippen LogP contribution in [-0.2, 0) is 12.8 Å². The number of rotatable bonds is 4. The second kappa shape index (κ2) is 6.75. The highest BCUT2D eigenvalue weighted by molar-refractivity contribution is 6.30. The fraction of sp³-hybridized carbons (Fsp3) is 0.444. The van der Waals surface area contributed by atoms with Crippen molar-refractivity contribution in [1.82, 2.24) is 10.1 Å². The van der Waals surface area contributed by atoms with E-state index in [0.717, 1.165) is 36.6 Å². The topological polar surface area (TPSA) is 46.3 Å². The Hall–Kier alpha value is -1.81. The summed E-state index contributed by atoms with van der Waals surface area (Å²) in [7, 11) is 0. The zero-order valence-electron chi connectivity index (χ0n) is 13.5. The molecule has 0 saturated carbocycles. The van der Waals surface area contributed by atoms with Gasteiger partial charge in [0, 0.05) is 18.1 Å². The summed E-state index contributed by atoms with van der Waals surface area (Å²) >= 11 is 5.93. The molecule has 0 radical (unpaired) electrons. The number of aromatic nitrogens is 1. The third-order valence-electron chi connectivity index (χ3n) is 4.49. The maximum absolute atomic E-state index is 12.8. The van der Waals surface area contributed by atoms with Crippen molar-refractivity contribution in [3.63, 3.8) is 0 Å². The van der Waals surface area contributed by atoms with Crippen LogP contribution in [0.1, 0.15) is 40.7 Å². The Bertz CT molecular complexity index is 694. The number of carbonyl (C=O) groups excluding carboxylic acids is 1. The van der Waals surface area contributed by atoms with E-state index in [-0.39, 0.29) is 5.91 Å². The molecule has 4 nitrogen and oxygen atoms in total. The zero-order chi connectivity index (χ0) is 16.4. The van der Waals surface area contributed by atoms with E-state index in [9.17, 15) is 4.79 Å². The molecule has 122 valence electrons. The van der Waals surface area contributed by atoms with Crippen LogP contribution in [0.25, 0.3) is 0 Å². The minimum Gasteiger partial charge on any atom is -0.361 e. The van der Waals surface area contributed by atoms with Crippen molar-refractivity contribution in [3.05, 3.63) is 51.9 Å². The molecule has 0 spiro atoms. The lowest BCUT2D eigenvalue weighted by molar-refractivity contribution is 0.0784. The van der Waals surface area contributed by atoms with Crippen molar-refractivity contribution < 1.29 is 9.32 Å². The van der Waals surface area contributed by atoms with Crippen LogP contribution in [0.5, 0.6) is 0 Å². The van der Waals surface area contributed by atoms with E-state index < -0.39 is 0 Å². The summed E-state index contributed by atoms with van der Waals surface area (Å²) in [6.07, 6.45) is 2.71. The number of aryl methyl sites for hydroxylation is 2. The lowest BCUT2D eigenvalue weighted by Gasteiger charge is -2.16. The van der Waals surface area contributed by atoms with Gasteiger partial charge in [-0.25, -0.2) is 0 Å². The molecule has 1 fully saturated rings. The number of likely N-dealkylation sites (tertiary alicyclic amines) is 1. The minimum atomic E-state index is 0.0548. The first kappa shape index (κ1) is 16.1. The van der Waals surface area contributed by atoms with Crippen LogP contribution in [0.3, 0.4) is 0 Å². The number of hydrogen-bond acceptors (Lipinski definition) is 3. The van der Waals surface area contributed by atoms with Gasteiger partial charge in [0.15, 0.2) is 0 Å². The zero-order valence-corrected chi connectivity index (χ0v) is 14.3. The predicted octanol–water partition coefficient (Wildman–Crippen LogP) is 3.90. The fourth-order valence-corrected chi connectivity index (χ4v) is 3.36. The molecule has 23 heavy (non-hydrogen) atoms. The van der Waals surface area contributed by atoms with Gasteiger partial charge in [-0.15, -0.1) is 0 Å². The van der Waals surface area contributed by atoms with Crippen LogP contribution < -0.4 is 0 Å². The fourth-order valence-electron chi connectivity index (χ4n) is 3.23. The summed E-state index contributed by atoms with van der Waals surface area (Å²) in [6, 6.07) is 7.96. The smallest absolute Gasteiger partial charge is 0.259 e. The van der Waals surface area contributed by atoms with Crippen LogP contribution in [0.2, 0.25) is 5.02 Å². The number of hydrogen-bond donors (Lipinski definition) is 0. The molecule has 1 aromatic heterocycles. The Morgan fingerprint density at radius 3 is 2.83 bits per heavy atom. The average Bonchev–Trinajstić information content (AvgIpc) is 3.15. The molecular formula is C18H21ClN2O2. The van der Waals surface area contributed by atoms with Gasteiger partial charge in [-0.3, -0.25) is 4.79 Å². The van der Waals surface area contributed by atoms with Gasteiger partial charge in [-0.1, -0.05) is 35.8 Å². The molecule has 5 heteroatoms. The van der Waals surface area contributed by atoms with Crippen molar-refractivity contribution >= 4 is 17.5 Å². The molecule has 2 aromatic rings. The van der Waals surface area contributed by atoms with Crippen molar-refractivity contribution in [2.24, 2.45) is 5.92 Å². The van der Waals surface area contributed by atoms with Crippen molar-refractivity contribution in [2.75, 3.05) is 13.1 Å². The summed E-state index contributed by atoms with van der Waals surface area (Å²) in [5.74, 6) is 1.16. The first-order valence-corrected chi connectivity index (χ1v) is 8.45. The van der Waals surface area contributed by atoms with Crippen molar-refractivity contribution in [2.45, 2.75) is 33.1 Å². The first-order valence-electron chi connectivity index (χ1n) is 8.07. The molecule has 1 aromatic carbocycles. The lowest BCUT2D eigenvalue weighted by atomic mass is 9.99. The Kier molecular flexibility index (Phi) is 4.71. The molecular weight excluding hydrogens is 312 g/mol. The van der Waals surface area contributed by atoms with Crippen LogP contribution in [0.15, 0.2) is 28.8 Å². The molecule has 3 rings (SSSR count). The minimum absolute atomic E-state index is 0.0548. The van der Waals surface area contributed by atoms with Crippen LogP contribution in [0, 0.1) is 12.8 Å². The number of benzene rings is 1. The molecule has 1 saturated heterocycles. The van der Waals surface area contributed by atoms with E-state index in [2.05, 4.69) is 17.3 Å². The van der Waals surface area contributed by atoms with E-state index in [1.54, 1.807) is 6.92 Å². The molecule has 1 aliphatic heterocycles. The number of halogens is 1. The highest BCUT2D eigenvalue weighted by Crippen LogP contribution is 2.25. The van der Waals surface area contributed by atoms with Crippen molar-refractivity contribution in [3.8, 4) is 0 Å². The normalized spacial score (nSPS) is 17.7. The van der Waals surface area contributed by atoms with E-state index in [4.69, 9.17) is 16.1 Å². The van der Waals surface area contributed by atoms with Gasteiger partial charge in [0.25, 0.3) is 5.91 Å². The maximum atomic E-state index is 12.8. The maximum Gasteiger partial charge on any atom is 0.259 e. The highest BCUT2D eigenvalue weighted by Gasteiger charge is 2.30.